The van der Waals surface area contributed by atoms with Crippen molar-refractivity contribution >= 4 is 28.9 Å². The number of para-hydroxylation sites is 3. The molecule has 7 heteroatoms. The Bertz CT molecular complexity index is 1060. The second-order valence-corrected chi connectivity index (χ2v) is 6.94. The molecule has 2 amide bonds. The quantitative estimate of drug-likeness (QED) is 0.508. The van der Waals surface area contributed by atoms with E-state index < -0.39 is 17.5 Å². The number of carbonyl (C=O) groups is 2. The predicted molar refractivity (Wildman–Crippen MR) is 118 cm³/mol. The molecular formula is C24H23F2N3O2. The summed E-state index contributed by atoms with van der Waals surface area (Å²) in [4.78, 5) is 26.4. The van der Waals surface area contributed by atoms with Gasteiger partial charge in [0.25, 0.3) is 5.91 Å². The van der Waals surface area contributed by atoms with E-state index in [-0.39, 0.29) is 24.4 Å². The first-order valence-corrected chi connectivity index (χ1v) is 9.86. The number of halogens is 2. The van der Waals surface area contributed by atoms with E-state index in [0.717, 1.165) is 23.5 Å². The molecule has 0 aliphatic heterocycles. The summed E-state index contributed by atoms with van der Waals surface area (Å²) in [7, 11) is 1.92. The zero-order chi connectivity index (χ0) is 22.2. The third kappa shape index (κ3) is 5.88. The van der Waals surface area contributed by atoms with Gasteiger partial charge in [0, 0.05) is 31.8 Å². The maximum absolute atomic E-state index is 13.6. The van der Waals surface area contributed by atoms with Crippen LogP contribution >= 0.6 is 0 Å². The molecule has 0 aliphatic rings. The van der Waals surface area contributed by atoms with Crippen molar-refractivity contribution in [2.24, 2.45) is 0 Å². The van der Waals surface area contributed by atoms with Gasteiger partial charge < -0.3 is 15.5 Å². The van der Waals surface area contributed by atoms with E-state index in [2.05, 4.69) is 10.6 Å². The Morgan fingerprint density at radius 2 is 1.65 bits per heavy atom. The standard InChI is InChI=1S/C24H23F2N3O2/c1-29(18-8-3-2-4-9-18)22-11-6-5-10-21(22)28-23(30)12-7-15-27-24(31)19-14-13-17(25)16-20(19)26/h2-6,8-11,13-14,16H,7,12,15H2,1H3,(H,27,31)(H,28,30). The van der Waals surface area contributed by atoms with Gasteiger partial charge in [-0.1, -0.05) is 30.3 Å². The van der Waals surface area contributed by atoms with Gasteiger partial charge in [-0.05, 0) is 42.8 Å². The molecule has 3 aromatic rings. The van der Waals surface area contributed by atoms with Gasteiger partial charge >= 0.3 is 0 Å². The van der Waals surface area contributed by atoms with Crippen molar-refractivity contribution in [1.82, 2.24) is 5.32 Å². The van der Waals surface area contributed by atoms with Gasteiger partial charge in [0.2, 0.25) is 5.91 Å². The molecule has 0 saturated heterocycles. The first-order chi connectivity index (χ1) is 15.0. The van der Waals surface area contributed by atoms with Crippen LogP contribution in [0.4, 0.5) is 25.8 Å². The number of amides is 2. The van der Waals surface area contributed by atoms with E-state index in [1.807, 2.05) is 66.5 Å². The minimum atomic E-state index is -0.922. The van der Waals surface area contributed by atoms with Crippen molar-refractivity contribution in [1.29, 1.82) is 0 Å². The van der Waals surface area contributed by atoms with Crippen LogP contribution in [-0.4, -0.2) is 25.4 Å². The molecule has 2 N–H and O–H groups in total. The van der Waals surface area contributed by atoms with Gasteiger partial charge in [-0.15, -0.1) is 0 Å². The number of hydrogen-bond acceptors (Lipinski definition) is 3. The van der Waals surface area contributed by atoms with Gasteiger partial charge in [0.15, 0.2) is 0 Å². The Morgan fingerprint density at radius 3 is 2.39 bits per heavy atom. The highest BCUT2D eigenvalue weighted by Crippen LogP contribution is 2.30. The van der Waals surface area contributed by atoms with E-state index in [4.69, 9.17) is 0 Å². The van der Waals surface area contributed by atoms with Gasteiger partial charge in [0.05, 0.1) is 16.9 Å². The lowest BCUT2D eigenvalue weighted by molar-refractivity contribution is -0.116. The van der Waals surface area contributed by atoms with Crippen molar-refractivity contribution in [2.75, 3.05) is 23.8 Å². The molecule has 0 atom stereocenters. The minimum Gasteiger partial charge on any atom is -0.352 e. The summed E-state index contributed by atoms with van der Waals surface area (Å²) in [5.41, 5.74) is 2.28. The fraction of sp³-hybridized carbons (Fsp3) is 0.167. The molecule has 5 nitrogen and oxygen atoms in total. The molecule has 0 unspecified atom stereocenters. The maximum Gasteiger partial charge on any atom is 0.254 e. The van der Waals surface area contributed by atoms with E-state index in [9.17, 15) is 18.4 Å². The molecule has 0 fully saturated rings. The summed E-state index contributed by atoms with van der Waals surface area (Å²) in [6.45, 7) is 0.189. The second-order valence-electron chi connectivity index (χ2n) is 6.94. The van der Waals surface area contributed by atoms with Crippen LogP contribution < -0.4 is 15.5 Å². The summed E-state index contributed by atoms with van der Waals surface area (Å²) in [5.74, 6) is -2.51. The normalized spacial score (nSPS) is 10.4. The minimum absolute atomic E-state index is 0.176. The maximum atomic E-state index is 13.6. The molecule has 0 saturated carbocycles. The van der Waals surface area contributed by atoms with Crippen LogP contribution in [0.15, 0.2) is 72.8 Å². The van der Waals surface area contributed by atoms with Crippen LogP contribution in [0.5, 0.6) is 0 Å². The number of carbonyl (C=O) groups excluding carboxylic acids is 2. The van der Waals surface area contributed by atoms with Crippen LogP contribution in [-0.2, 0) is 4.79 Å². The molecule has 0 heterocycles. The molecule has 0 spiro atoms. The molecule has 0 aromatic heterocycles. The summed E-state index contributed by atoms with van der Waals surface area (Å²) >= 11 is 0. The zero-order valence-corrected chi connectivity index (χ0v) is 17.1. The summed E-state index contributed by atoms with van der Waals surface area (Å²) in [6, 6.07) is 20.0. The molecule has 0 bridgehead atoms. The lowest BCUT2D eigenvalue weighted by atomic mass is 10.2. The van der Waals surface area contributed by atoms with Crippen molar-refractivity contribution in [2.45, 2.75) is 12.8 Å². The Hall–Kier alpha value is -3.74. The van der Waals surface area contributed by atoms with Crippen LogP contribution in [0, 0.1) is 11.6 Å². The second kappa shape index (κ2) is 10.3. The Labute approximate surface area is 179 Å². The third-order valence-corrected chi connectivity index (χ3v) is 4.72. The fourth-order valence-electron chi connectivity index (χ4n) is 3.09. The van der Waals surface area contributed by atoms with E-state index >= 15 is 0 Å². The van der Waals surface area contributed by atoms with Crippen LogP contribution in [0.25, 0.3) is 0 Å². The number of nitrogens with zero attached hydrogens (tertiary/aromatic N) is 1. The average molecular weight is 423 g/mol. The van der Waals surface area contributed by atoms with Gasteiger partial charge in [-0.25, -0.2) is 8.78 Å². The lowest BCUT2D eigenvalue weighted by Gasteiger charge is -2.22. The Balaban J connectivity index is 1.52. The third-order valence-electron chi connectivity index (χ3n) is 4.72. The first kappa shape index (κ1) is 22.0. The number of hydrogen-bond donors (Lipinski definition) is 2. The predicted octanol–water partition coefficient (Wildman–Crippen LogP) is 4.88. The lowest BCUT2D eigenvalue weighted by Crippen LogP contribution is -2.26. The molecule has 0 aliphatic carbocycles. The Kier molecular flexibility index (Phi) is 7.32. The summed E-state index contributed by atoms with van der Waals surface area (Å²) < 4.78 is 26.6. The number of rotatable bonds is 8. The summed E-state index contributed by atoms with van der Waals surface area (Å²) in [5, 5.41) is 5.44. The molecule has 31 heavy (non-hydrogen) atoms. The van der Waals surface area contributed by atoms with Gasteiger partial charge in [0.1, 0.15) is 11.6 Å². The molecule has 3 aromatic carbocycles. The molecule has 160 valence electrons. The average Bonchev–Trinajstić information content (AvgIpc) is 2.77. The highest BCUT2D eigenvalue weighted by Gasteiger charge is 2.13. The highest BCUT2D eigenvalue weighted by molar-refractivity contribution is 5.96. The van der Waals surface area contributed by atoms with E-state index in [1.165, 1.54) is 0 Å². The summed E-state index contributed by atoms with van der Waals surface area (Å²) in [6.07, 6.45) is 0.548. The van der Waals surface area contributed by atoms with Crippen molar-refractivity contribution in [3.63, 3.8) is 0 Å². The molecular weight excluding hydrogens is 400 g/mol. The van der Waals surface area contributed by atoms with Crippen molar-refractivity contribution in [3.05, 3.63) is 90.0 Å². The number of anilines is 3. The van der Waals surface area contributed by atoms with Crippen LogP contribution in [0.3, 0.4) is 0 Å². The fourth-order valence-corrected chi connectivity index (χ4v) is 3.09. The highest BCUT2D eigenvalue weighted by atomic mass is 19.1. The Morgan fingerprint density at radius 1 is 0.935 bits per heavy atom. The van der Waals surface area contributed by atoms with Crippen LogP contribution in [0.2, 0.25) is 0 Å². The molecule has 0 radical (unpaired) electrons. The van der Waals surface area contributed by atoms with Crippen molar-refractivity contribution in [3.8, 4) is 0 Å². The van der Waals surface area contributed by atoms with Gasteiger partial charge in [-0.3, -0.25) is 9.59 Å². The van der Waals surface area contributed by atoms with Crippen molar-refractivity contribution < 1.29 is 18.4 Å². The topological polar surface area (TPSA) is 61.4 Å². The zero-order valence-electron chi connectivity index (χ0n) is 17.1. The van der Waals surface area contributed by atoms with Gasteiger partial charge in [-0.2, -0.15) is 0 Å². The SMILES string of the molecule is CN(c1ccccc1)c1ccccc1NC(=O)CCCNC(=O)c1ccc(F)cc1F. The smallest absolute Gasteiger partial charge is 0.254 e. The van der Waals surface area contributed by atoms with Crippen LogP contribution in [0.1, 0.15) is 23.2 Å². The molecule has 3 rings (SSSR count). The number of nitrogens with one attached hydrogen (secondary N) is 2. The largest absolute Gasteiger partial charge is 0.352 e. The number of benzene rings is 3. The monoisotopic (exact) mass is 423 g/mol. The van der Waals surface area contributed by atoms with E-state index in [0.29, 0.717) is 18.2 Å². The first-order valence-electron chi connectivity index (χ1n) is 9.86. The van der Waals surface area contributed by atoms with E-state index in [1.54, 1.807) is 0 Å².